The standard InChI is InChI=1S/C19H20N4OS3/c1-13(17(24)21-15-10-6-7-11-16(15)25-2)26-19-23-22-18(27-19)20-12-14-8-4-3-5-9-14/h3-11,13H,12H2,1-2H3,(H,20,22)(H,21,24). The van der Waals surface area contributed by atoms with Gasteiger partial charge in [0, 0.05) is 11.4 Å². The van der Waals surface area contributed by atoms with E-state index in [1.54, 1.807) is 11.8 Å². The van der Waals surface area contributed by atoms with Gasteiger partial charge in [-0.2, -0.15) is 0 Å². The van der Waals surface area contributed by atoms with Gasteiger partial charge in [-0.1, -0.05) is 65.6 Å². The Bertz CT molecular complexity index is 885. The Morgan fingerprint density at radius 2 is 1.85 bits per heavy atom. The Kier molecular flexibility index (Phi) is 7.14. The third kappa shape index (κ3) is 5.72. The number of benzene rings is 2. The van der Waals surface area contributed by atoms with Crippen LogP contribution in [0.5, 0.6) is 0 Å². The first-order valence-corrected chi connectivity index (χ1v) is 11.3. The maximum absolute atomic E-state index is 12.5. The smallest absolute Gasteiger partial charge is 0.237 e. The molecule has 0 saturated heterocycles. The molecule has 0 fully saturated rings. The van der Waals surface area contributed by atoms with Crippen molar-refractivity contribution in [1.82, 2.24) is 10.2 Å². The first-order chi connectivity index (χ1) is 13.2. The third-order valence-electron chi connectivity index (χ3n) is 3.70. The summed E-state index contributed by atoms with van der Waals surface area (Å²) in [4.78, 5) is 13.5. The number of anilines is 2. The molecule has 0 spiro atoms. The number of nitrogens with zero attached hydrogens (tertiary/aromatic N) is 2. The molecule has 1 unspecified atom stereocenters. The summed E-state index contributed by atoms with van der Waals surface area (Å²) >= 11 is 4.48. The highest BCUT2D eigenvalue weighted by Crippen LogP contribution is 2.30. The molecule has 5 nitrogen and oxygen atoms in total. The van der Waals surface area contributed by atoms with Gasteiger partial charge in [0.1, 0.15) is 0 Å². The summed E-state index contributed by atoms with van der Waals surface area (Å²) in [5, 5.41) is 15.1. The average molecular weight is 417 g/mol. The van der Waals surface area contributed by atoms with Crippen LogP contribution in [0, 0.1) is 0 Å². The predicted molar refractivity (Wildman–Crippen MR) is 116 cm³/mol. The molecule has 140 valence electrons. The van der Waals surface area contributed by atoms with Crippen LogP contribution in [0.1, 0.15) is 12.5 Å². The van der Waals surface area contributed by atoms with E-state index in [9.17, 15) is 4.79 Å². The number of thioether (sulfide) groups is 2. The van der Waals surface area contributed by atoms with E-state index in [0.29, 0.717) is 6.54 Å². The zero-order valence-corrected chi connectivity index (χ0v) is 17.5. The number of carbonyl (C=O) groups is 1. The molecular weight excluding hydrogens is 396 g/mol. The molecule has 1 aromatic heterocycles. The molecule has 1 amide bonds. The number of para-hydroxylation sites is 1. The highest BCUT2D eigenvalue weighted by molar-refractivity contribution is 8.02. The molecule has 1 heterocycles. The van der Waals surface area contributed by atoms with E-state index in [0.717, 1.165) is 20.1 Å². The van der Waals surface area contributed by atoms with Gasteiger partial charge in [-0.15, -0.1) is 22.0 Å². The Balaban J connectivity index is 1.54. The summed E-state index contributed by atoms with van der Waals surface area (Å²) in [6, 6.07) is 17.9. The first-order valence-electron chi connectivity index (χ1n) is 8.37. The summed E-state index contributed by atoms with van der Waals surface area (Å²) in [6.07, 6.45) is 1.99. The molecule has 2 N–H and O–H groups in total. The van der Waals surface area contributed by atoms with Crippen LogP contribution in [-0.4, -0.2) is 27.6 Å². The van der Waals surface area contributed by atoms with Gasteiger partial charge in [0.25, 0.3) is 0 Å². The van der Waals surface area contributed by atoms with Crippen LogP contribution in [0.25, 0.3) is 0 Å². The van der Waals surface area contributed by atoms with Crippen molar-refractivity contribution in [2.24, 2.45) is 0 Å². The lowest BCUT2D eigenvalue weighted by Gasteiger charge is -2.12. The SMILES string of the molecule is CSc1ccccc1NC(=O)C(C)Sc1nnc(NCc2ccccc2)s1. The second kappa shape index (κ2) is 9.77. The minimum Gasteiger partial charge on any atom is -0.356 e. The number of aromatic nitrogens is 2. The lowest BCUT2D eigenvalue weighted by Crippen LogP contribution is -2.22. The molecule has 0 aliphatic rings. The molecule has 0 aliphatic carbocycles. The Morgan fingerprint density at radius 3 is 2.63 bits per heavy atom. The second-order valence-corrected chi connectivity index (χ2v) is 9.08. The lowest BCUT2D eigenvalue weighted by molar-refractivity contribution is -0.115. The summed E-state index contributed by atoms with van der Waals surface area (Å²) in [5.41, 5.74) is 2.02. The lowest BCUT2D eigenvalue weighted by atomic mass is 10.2. The van der Waals surface area contributed by atoms with Crippen molar-refractivity contribution in [2.75, 3.05) is 16.9 Å². The number of hydrogen-bond acceptors (Lipinski definition) is 7. The molecule has 27 heavy (non-hydrogen) atoms. The molecule has 3 aromatic rings. The molecule has 8 heteroatoms. The number of carbonyl (C=O) groups excluding carboxylic acids is 1. The Labute approximate surface area is 171 Å². The molecule has 3 rings (SSSR count). The topological polar surface area (TPSA) is 66.9 Å². The summed E-state index contributed by atoms with van der Waals surface area (Å²) in [5.74, 6) is -0.0458. The van der Waals surface area contributed by atoms with Crippen molar-refractivity contribution in [3.05, 3.63) is 60.2 Å². The highest BCUT2D eigenvalue weighted by atomic mass is 32.2. The number of rotatable bonds is 8. The van der Waals surface area contributed by atoms with Crippen LogP contribution in [0.4, 0.5) is 10.8 Å². The van der Waals surface area contributed by atoms with Crippen LogP contribution < -0.4 is 10.6 Å². The molecule has 0 saturated carbocycles. The van der Waals surface area contributed by atoms with Crippen molar-refractivity contribution < 1.29 is 4.79 Å². The van der Waals surface area contributed by atoms with Gasteiger partial charge >= 0.3 is 0 Å². The van der Waals surface area contributed by atoms with E-state index in [4.69, 9.17) is 0 Å². The van der Waals surface area contributed by atoms with E-state index in [1.807, 2.05) is 55.6 Å². The highest BCUT2D eigenvalue weighted by Gasteiger charge is 2.18. The van der Waals surface area contributed by atoms with Crippen LogP contribution in [-0.2, 0) is 11.3 Å². The Morgan fingerprint density at radius 1 is 1.11 bits per heavy atom. The number of amides is 1. The van der Waals surface area contributed by atoms with Crippen LogP contribution in [0.3, 0.4) is 0 Å². The van der Waals surface area contributed by atoms with Crippen molar-refractivity contribution in [3.8, 4) is 0 Å². The fourth-order valence-electron chi connectivity index (χ4n) is 2.29. The maximum atomic E-state index is 12.5. The van der Waals surface area contributed by atoms with Crippen molar-refractivity contribution in [1.29, 1.82) is 0 Å². The van der Waals surface area contributed by atoms with Crippen molar-refractivity contribution in [3.63, 3.8) is 0 Å². The van der Waals surface area contributed by atoms with Crippen molar-refractivity contribution in [2.45, 2.75) is 28.0 Å². The molecule has 0 aliphatic heterocycles. The monoisotopic (exact) mass is 416 g/mol. The van der Waals surface area contributed by atoms with Gasteiger partial charge in [0.15, 0.2) is 4.34 Å². The van der Waals surface area contributed by atoms with E-state index < -0.39 is 0 Å². The van der Waals surface area contributed by atoms with Crippen molar-refractivity contribution >= 4 is 51.6 Å². The van der Waals surface area contributed by atoms with E-state index in [2.05, 4.69) is 33.0 Å². The van der Waals surface area contributed by atoms with Crippen LogP contribution in [0.2, 0.25) is 0 Å². The van der Waals surface area contributed by atoms with Crippen LogP contribution >= 0.6 is 34.9 Å². The fourth-order valence-corrected chi connectivity index (χ4v) is 4.73. The van der Waals surface area contributed by atoms with Gasteiger partial charge in [0.2, 0.25) is 11.0 Å². The Hall–Kier alpha value is -2.03. The van der Waals surface area contributed by atoms with Gasteiger partial charge in [0.05, 0.1) is 10.9 Å². The van der Waals surface area contributed by atoms with Gasteiger partial charge in [-0.25, -0.2) is 0 Å². The zero-order valence-electron chi connectivity index (χ0n) is 15.0. The predicted octanol–water partition coefficient (Wildman–Crippen LogP) is 4.99. The molecular formula is C19H20N4OS3. The molecule has 0 radical (unpaired) electrons. The molecule has 1 atom stereocenters. The van der Waals surface area contributed by atoms with Crippen LogP contribution in [0.15, 0.2) is 63.8 Å². The summed E-state index contributed by atoms with van der Waals surface area (Å²) in [7, 11) is 0. The van der Waals surface area contributed by atoms with Gasteiger partial charge < -0.3 is 10.6 Å². The van der Waals surface area contributed by atoms with E-state index in [1.165, 1.54) is 28.7 Å². The summed E-state index contributed by atoms with van der Waals surface area (Å²) < 4.78 is 0.770. The average Bonchev–Trinajstić information content (AvgIpc) is 3.15. The molecule has 0 bridgehead atoms. The van der Waals surface area contributed by atoms with Gasteiger partial charge in [-0.05, 0) is 30.9 Å². The largest absolute Gasteiger partial charge is 0.356 e. The second-order valence-electron chi connectivity index (χ2n) is 5.66. The fraction of sp³-hybridized carbons (Fsp3) is 0.211. The minimum atomic E-state index is -0.269. The zero-order chi connectivity index (χ0) is 19.1. The number of nitrogens with one attached hydrogen (secondary N) is 2. The summed E-state index contributed by atoms with van der Waals surface area (Å²) in [6.45, 7) is 2.57. The minimum absolute atomic E-state index is 0.0458. The third-order valence-corrected chi connectivity index (χ3v) is 6.57. The quantitative estimate of drug-likeness (QED) is 0.504. The number of hydrogen-bond donors (Lipinski definition) is 2. The normalized spacial score (nSPS) is 11.8. The first kappa shape index (κ1) is 19.7. The van der Waals surface area contributed by atoms with E-state index in [-0.39, 0.29) is 11.2 Å². The van der Waals surface area contributed by atoms with E-state index >= 15 is 0 Å². The molecule has 2 aromatic carbocycles. The maximum Gasteiger partial charge on any atom is 0.237 e. The van der Waals surface area contributed by atoms with Gasteiger partial charge in [-0.3, -0.25) is 4.79 Å².